The molecule has 1 N–H and O–H groups in total. The van der Waals surface area contributed by atoms with E-state index in [4.69, 9.17) is 0 Å². The maximum Gasteiger partial charge on any atom is 0.0381 e. The van der Waals surface area contributed by atoms with Gasteiger partial charge < -0.3 is 5.32 Å². The zero-order chi connectivity index (χ0) is 11.3. The second-order valence-electron chi connectivity index (χ2n) is 6.16. The van der Waals surface area contributed by atoms with Crippen LogP contribution in [0.3, 0.4) is 0 Å². The van der Waals surface area contributed by atoms with Gasteiger partial charge in [-0.1, -0.05) is 37.5 Å². The molecule has 17 heavy (non-hydrogen) atoms. The smallest absolute Gasteiger partial charge is 0.0381 e. The van der Waals surface area contributed by atoms with E-state index in [9.17, 15) is 0 Å². The van der Waals surface area contributed by atoms with Gasteiger partial charge in [0.25, 0.3) is 0 Å². The van der Waals surface area contributed by atoms with Gasteiger partial charge in [0.15, 0.2) is 0 Å². The fourth-order valence-corrected chi connectivity index (χ4v) is 4.90. The molecule has 0 aromatic heterocycles. The van der Waals surface area contributed by atoms with Gasteiger partial charge in [0.05, 0.1) is 0 Å². The summed E-state index contributed by atoms with van der Waals surface area (Å²) in [4.78, 5) is 0. The second kappa shape index (κ2) is 3.51. The first-order valence-electron chi connectivity index (χ1n) is 7.27. The minimum absolute atomic E-state index is 0.507. The van der Waals surface area contributed by atoms with Crippen molar-refractivity contribution in [1.82, 2.24) is 0 Å². The number of hydrogen-bond acceptors (Lipinski definition) is 1. The summed E-state index contributed by atoms with van der Waals surface area (Å²) in [5, 5.41) is 3.83. The number of rotatable bonds is 0. The third kappa shape index (κ3) is 1.20. The number of para-hydroxylation sites is 1. The van der Waals surface area contributed by atoms with Crippen molar-refractivity contribution in [3.63, 3.8) is 0 Å². The van der Waals surface area contributed by atoms with E-state index in [1.807, 2.05) is 0 Å². The Morgan fingerprint density at radius 2 is 1.88 bits per heavy atom. The molecular weight excluding hydrogens is 206 g/mol. The molecule has 0 radical (unpaired) electrons. The van der Waals surface area contributed by atoms with Gasteiger partial charge in [-0.2, -0.15) is 0 Å². The zero-order valence-corrected chi connectivity index (χ0v) is 10.4. The summed E-state index contributed by atoms with van der Waals surface area (Å²) in [7, 11) is 0. The maximum absolute atomic E-state index is 3.83. The van der Waals surface area contributed by atoms with Crippen LogP contribution >= 0.6 is 0 Å². The van der Waals surface area contributed by atoms with Gasteiger partial charge >= 0.3 is 0 Å². The molecule has 1 aromatic carbocycles. The van der Waals surface area contributed by atoms with Crippen LogP contribution in [0.2, 0.25) is 0 Å². The van der Waals surface area contributed by atoms with Crippen LogP contribution in [0.1, 0.15) is 50.5 Å². The van der Waals surface area contributed by atoms with Crippen LogP contribution in [0.15, 0.2) is 24.3 Å². The van der Waals surface area contributed by atoms with Crippen LogP contribution in [0.5, 0.6) is 0 Å². The third-order valence-corrected chi connectivity index (χ3v) is 5.55. The average Bonchev–Trinajstić information content (AvgIpc) is 2.71. The molecular formula is C16H21N. The van der Waals surface area contributed by atoms with Crippen molar-refractivity contribution in [3.05, 3.63) is 29.8 Å². The molecule has 1 spiro atoms. The lowest BCUT2D eigenvalue weighted by Gasteiger charge is -2.49. The van der Waals surface area contributed by atoms with E-state index in [0.717, 1.165) is 12.0 Å². The van der Waals surface area contributed by atoms with Crippen LogP contribution < -0.4 is 5.32 Å². The Balaban J connectivity index is 1.88. The first kappa shape index (κ1) is 9.99. The van der Waals surface area contributed by atoms with Crippen LogP contribution in [0.4, 0.5) is 5.69 Å². The Bertz CT molecular complexity index is 428. The third-order valence-electron chi connectivity index (χ3n) is 5.55. The summed E-state index contributed by atoms with van der Waals surface area (Å²) in [5.74, 6) is 0.950. The molecule has 3 unspecified atom stereocenters. The normalized spacial score (nSPS) is 38.8. The Kier molecular flexibility index (Phi) is 2.06. The van der Waals surface area contributed by atoms with Crippen LogP contribution in [0, 0.1) is 5.92 Å². The van der Waals surface area contributed by atoms with Gasteiger partial charge in [-0.25, -0.2) is 0 Å². The van der Waals surface area contributed by atoms with E-state index in [1.54, 1.807) is 5.56 Å². The topological polar surface area (TPSA) is 12.0 Å². The lowest BCUT2D eigenvalue weighted by molar-refractivity contribution is 0.119. The summed E-state index contributed by atoms with van der Waals surface area (Å²) < 4.78 is 0. The summed E-state index contributed by atoms with van der Waals surface area (Å²) in [6, 6.07) is 9.83. The van der Waals surface area contributed by atoms with Crippen LogP contribution in [-0.2, 0) is 5.41 Å². The van der Waals surface area contributed by atoms with Crippen LogP contribution in [0.25, 0.3) is 0 Å². The van der Waals surface area contributed by atoms with Gasteiger partial charge in [0.1, 0.15) is 0 Å². The predicted octanol–water partition coefficient (Wildman–Crippen LogP) is 4.09. The monoisotopic (exact) mass is 227 g/mol. The second-order valence-corrected chi connectivity index (χ2v) is 6.16. The van der Waals surface area contributed by atoms with Gasteiger partial charge in [0.2, 0.25) is 0 Å². The van der Waals surface area contributed by atoms with Gasteiger partial charge in [-0.05, 0) is 43.2 Å². The highest BCUT2D eigenvalue weighted by atomic mass is 15.0. The molecule has 0 saturated heterocycles. The molecule has 1 aliphatic heterocycles. The molecule has 4 rings (SSSR count). The summed E-state index contributed by atoms with van der Waals surface area (Å²) >= 11 is 0. The number of hydrogen-bond donors (Lipinski definition) is 1. The van der Waals surface area contributed by atoms with E-state index < -0.39 is 0 Å². The van der Waals surface area contributed by atoms with E-state index in [0.29, 0.717) is 5.41 Å². The molecule has 3 atom stereocenters. The van der Waals surface area contributed by atoms with Crippen molar-refractivity contribution in [3.8, 4) is 0 Å². The van der Waals surface area contributed by atoms with Gasteiger partial charge in [-0.15, -0.1) is 0 Å². The average molecular weight is 227 g/mol. The van der Waals surface area contributed by atoms with Gasteiger partial charge in [-0.3, -0.25) is 0 Å². The molecule has 90 valence electrons. The van der Waals surface area contributed by atoms with Crippen molar-refractivity contribution in [2.45, 2.75) is 56.4 Å². The van der Waals surface area contributed by atoms with E-state index >= 15 is 0 Å². The number of benzene rings is 1. The number of nitrogens with one attached hydrogen (secondary N) is 1. The number of fused-ring (bicyclic) bond motifs is 1. The number of anilines is 1. The fraction of sp³-hybridized carbons (Fsp3) is 0.625. The summed E-state index contributed by atoms with van der Waals surface area (Å²) in [6.45, 7) is 0. The predicted molar refractivity (Wildman–Crippen MR) is 71.3 cm³/mol. The lowest BCUT2D eigenvalue weighted by atomic mass is 9.55. The highest BCUT2D eigenvalue weighted by Gasteiger charge is 2.53. The Morgan fingerprint density at radius 1 is 1.00 bits per heavy atom. The quantitative estimate of drug-likeness (QED) is 0.704. The SMILES string of the molecule is c1ccc2c(c1)NC1CCCC3CCCCC231. The Morgan fingerprint density at radius 3 is 2.88 bits per heavy atom. The first-order chi connectivity index (χ1) is 8.41. The highest BCUT2D eigenvalue weighted by molar-refractivity contribution is 5.63. The van der Waals surface area contributed by atoms with E-state index in [1.165, 1.54) is 50.6 Å². The van der Waals surface area contributed by atoms with Crippen molar-refractivity contribution in [1.29, 1.82) is 0 Å². The minimum Gasteiger partial charge on any atom is -0.381 e. The van der Waals surface area contributed by atoms with Crippen molar-refractivity contribution < 1.29 is 0 Å². The molecule has 2 aliphatic carbocycles. The first-order valence-corrected chi connectivity index (χ1v) is 7.27. The zero-order valence-electron chi connectivity index (χ0n) is 10.4. The molecule has 1 heteroatoms. The minimum atomic E-state index is 0.507. The standard InChI is InChI=1S/C16H21N/c1-2-9-14-13(8-1)16-11-4-3-6-12(16)7-5-10-15(16)17-14/h1-2,8-9,12,15,17H,3-7,10-11H2. The molecule has 1 aromatic rings. The van der Waals surface area contributed by atoms with Crippen molar-refractivity contribution >= 4 is 5.69 Å². The van der Waals surface area contributed by atoms with Gasteiger partial charge in [0, 0.05) is 17.1 Å². The summed E-state index contributed by atoms with van der Waals surface area (Å²) in [5.41, 5.74) is 3.59. The van der Waals surface area contributed by atoms with E-state index in [2.05, 4.69) is 29.6 Å². The van der Waals surface area contributed by atoms with Crippen molar-refractivity contribution in [2.24, 2.45) is 5.92 Å². The molecule has 0 amide bonds. The molecule has 2 saturated carbocycles. The molecule has 1 heterocycles. The fourth-order valence-electron chi connectivity index (χ4n) is 4.90. The molecule has 3 aliphatic rings. The highest BCUT2D eigenvalue weighted by Crippen LogP contribution is 2.57. The molecule has 1 nitrogen and oxygen atoms in total. The lowest BCUT2D eigenvalue weighted by Crippen LogP contribution is -2.49. The maximum atomic E-state index is 3.83. The Labute approximate surface area is 104 Å². The molecule has 0 bridgehead atoms. The molecule has 2 fully saturated rings. The largest absolute Gasteiger partial charge is 0.381 e. The Hall–Kier alpha value is -0.980. The van der Waals surface area contributed by atoms with Crippen LogP contribution in [-0.4, -0.2) is 6.04 Å². The van der Waals surface area contributed by atoms with Crippen molar-refractivity contribution in [2.75, 3.05) is 5.32 Å². The summed E-state index contributed by atoms with van der Waals surface area (Å²) in [6.07, 6.45) is 10.1. The van der Waals surface area contributed by atoms with E-state index in [-0.39, 0.29) is 0 Å².